The zero-order chi connectivity index (χ0) is 23.7. The van der Waals surface area contributed by atoms with Crippen molar-refractivity contribution in [3.63, 3.8) is 0 Å². The van der Waals surface area contributed by atoms with Gasteiger partial charge in [-0.05, 0) is 61.9 Å². The molecule has 0 saturated heterocycles. The van der Waals surface area contributed by atoms with Gasteiger partial charge in [-0.2, -0.15) is 0 Å². The number of hydrogen-bond donors (Lipinski definition) is 0. The molecule has 5 heteroatoms. The summed E-state index contributed by atoms with van der Waals surface area (Å²) in [6.45, 7) is 11.8. The molecule has 1 aromatic heterocycles. The predicted molar refractivity (Wildman–Crippen MR) is 132 cm³/mol. The van der Waals surface area contributed by atoms with Crippen LogP contribution in [0.15, 0.2) is 42.6 Å². The van der Waals surface area contributed by atoms with E-state index in [1.165, 1.54) is 5.56 Å². The lowest BCUT2D eigenvalue weighted by Crippen LogP contribution is -2.47. The van der Waals surface area contributed by atoms with E-state index >= 15 is 0 Å². The smallest absolute Gasteiger partial charge is 0.254 e. The number of rotatable bonds is 12. The largest absolute Gasteiger partial charge is 0.353 e. The number of carbonyl (C=O) groups excluding carboxylic acids is 2. The van der Waals surface area contributed by atoms with Crippen LogP contribution in [0.3, 0.4) is 0 Å². The Morgan fingerprint density at radius 2 is 1.72 bits per heavy atom. The predicted octanol–water partition coefficient (Wildman–Crippen LogP) is 5.29. The van der Waals surface area contributed by atoms with Crippen LogP contribution in [-0.4, -0.2) is 45.3 Å². The van der Waals surface area contributed by atoms with Crippen LogP contribution in [0.4, 0.5) is 0 Å². The molecule has 1 atom stereocenters. The molecule has 0 fully saturated rings. The number of aryl methyl sites for hydroxylation is 2. The number of benzene rings is 1. The Kier molecular flexibility index (Phi) is 10.0. The summed E-state index contributed by atoms with van der Waals surface area (Å²) in [5.74, 6) is 0.272. The van der Waals surface area contributed by atoms with Crippen molar-refractivity contribution < 1.29 is 9.59 Å². The first-order chi connectivity index (χ1) is 15.3. The maximum absolute atomic E-state index is 13.4. The third-order valence-corrected chi connectivity index (χ3v) is 6.05. The molecular formula is C27H41N3O2. The molecular weight excluding hydrogens is 398 g/mol. The molecule has 0 N–H and O–H groups in total. The van der Waals surface area contributed by atoms with Crippen LogP contribution in [0.2, 0.25) is 0 Å². The van der Waals surface area contributed by atoms with Crippen molar-refractivity contribution in [2.24, 2.45) is 13.0 Å². The Bertz CT molecular complexity index is 854. The van der Waals surface area contributed by atoms with Crippen molar-refractivity contribution >= 4 is 11.8 Å². The van der Waals surface area contributed by atoms with Gasteiger partial charge in [0, 0.05) is 37.1 Å². The molecule has 2 rings (SSSR count). The highest BCUT2D eigenvalue weighted by Gasteiger charge is 2.26. The second-order valence-corrected chi connectivity index (χ2v) is 9.27. The Hall–Kier alpha value is -2.56. The highest BCUT2D eigenvalue weighted by Crippen LogP contribution is 2.15. The zero-order valence-electron chi connectivity index (χ0n) is 20.8. The van der Waals surface area contributed by atoms with Crippen molar-refractivity contribution in [3.8, 4) is 0 Å². The van der Waals surface area contributed by atoms with Gasteiger partial charge in [-0.3, -0.25) is 9.59 Å². The van der Waals surface area contributed by atoms with Gasteiger partial charge in [-0.25, -0.2) is 0 Å². The topological polar surface area (TPSA) is 45.6 Å². The maximum Gasteiger partial charge on any atom is 0.254 e. The third kappa shape index (κ3) is 7.25. The van der Waals surface area contributed by atoms with Crippen molar-refractivity contribution in [3.05, 3.63) is 59.4 Å². The zero-order valence-corrected chi connectivity index (χ0v) is 20.8. The number of unbranched alkanes of at least 4 members (excludes halogenated alkanes) is 1. The van der Waals surface area contributed by atoms with E-state index in [4.69, 9.17) is 0 Å². The molecule has 0 radical (unpaired) electrons. The van der Waals surface area contributed by atoms with Crippen LogP contribution in [0.5, 0.6) is 0 Å². The van der Waals surface area contributed by atoms with Gasteiger partial charge in [-0.1, -0.05) is 46.2 Å². The minimum atomic E-state index is -0.0712. The fourth-order valence-corrected chi connectivity index (χ4v) is 3.81. The molecule has 1 unspecified atom stereocenters. The monoisotopic (exact) mass is 439 g/mol. The average molecular weight is 440 g/mol. The van der Waals surface area contributed by atoms with E-state index in [1.807, 2.05) is 66.0 Å². The summed E-state index contributed by atoms with van der Waals surface area (Å²) in [6, 6.07) is 11.9. The quantitative estimate of drug-likeness (QED) is 0.451. The minimum Gasteiger partial charge on any atom is -0.353 e. The number of amides is 2. The van der Waals surface area contributed by atoms with E-state index in [-0.39, 0.29) is 24.4 Å². The number of aromatic nitrogens is 1. The molecule has 1 aromatic carbocycles. The van der Waals surface area contributed by atoms with E-state index in [1.54, 1.807) is 4.90 Å². The van der Waals surface area contributed by atoms with Gasteiger partial charge in [0.2, 0.25) is 5.91 Å². The van der Waals surface area contributed by atoms with Crippen molar-refractivity contribution in [1.82, 2.24) is 14.4 Å². The summed E-state index contributed by atoms with van der Waals surface area (Å²) in [7, 11) is 1.99. The van der Waals surface area contributed by atoms with Gasteiger partial charge >= 0.3 is 0 Å². The minimum absolute atomic E-state index is 0.00637. The normalized spacial score (nSPS) is 12.1. The van der Waals surface area contributed by atoms with Gasteiger partial charge < -0.3 is 14.4 Å². The molecule has 0 aliphatic rings. The number of nitrogens with zero attached hydrogens (tertiary/aromatic N) is 3. The number of carbonyl (C=O) groups is 2. The molecule has 2 amide bonds. The second kappa shape index (κ2) is 12.5. The van der Waals surface area contributed by atoms with E-state index < -0.39 is 0 Å². The van der Waals surface area contributed by atoms with Gasteiger partial charge in [-0.15, -0.1) is 0 Å². The Labute approximate surface area is 194 Å². The molecule has 176 valence electrons. The Balaban J connectivity index is 2.18. The summed E-state index contributed by atoms with van der Waals surface area (Å²) >= 11 is 0. The molecule has 2 aromatic rings. The van der Waals surface area contributed by atoms with Gasteiger partial charge in [0.25, 0.3) is 5.91 Å². The second-order valence-electron chi connectivity index (χ2n) is 9.27. The molecule has 0 saturated carbocycles. The van der Waals surface area contributed by atoms with Crippen LogP contribution in [-0.2, 0) is 24.8 Å². The molecule has 5 nitrogen and oxygen atoms in total. The first-order valence-corrected chi connectivity index (χ1v) is 12.0. The molecule has 32 heavy (non-hydrogen) atoms. The first-order valence-electron chi connectivity index (χ1n) is 12.0. The first kappa shape index (κ1) is 25.7. The van der Waals surface area contributed by atoms with Crippen molar-refractivity contribution in [1.29, 1.82) is 0 Å². The number of hydrogen-bond acceptors (Lipinski definition) is 2. The lowest BCUT2D eigenvalue weighted by atomic mass is 10.0. The molecule has 0 aliphatic carbocycles. The lowest BCUT2D eigenvalue weighted by molar-refractivity contribution is -0.133. The van der Waals surface area contributed by atoms with Gasteiger partial charge in [0.15, 0.2) is 0 Å². The van der Waals surface area contributed by atoms with Gasteiger partial charge in [0.1, 0.15) is 6.54 Å². The fourth-order valence-electron chi connectivity index (χ4n) is 3.81. The summed E-state index contributed by atoms with van der Waals surface area (Å²) < 4.78 is 2.04. The van der Waals surface area contributed by atoms with Gasteiger partial charge in [0.05, 0.1) is 6.54 Å². The van der Waals surface area contributed by atoms with Crippen LogP contribution in [0.1, 0.15) is 75.5 Å². The van der Waals surface area contributed by atoms with Crippen LogP contribution in [0, 0.1) is 5.92 Å². The highest BCUT2D eigenvalue weighted by atomic mass is 16.2. The van der Waals surface area contributed by atoms with Crippen LogP contribution < -0.4 is 0 Å². The molecule has 0 spiro atoms. The Morgan fingerprint density at radius 1 is 1.03 bits per heavy atom. The van der Waals surface area contributed by atoms with Crippen molar-refractivity contribution in [2.75, 3.05) is 13.1 Å². The van der Waals surface area contributed by atoms with E-state index in [0.717, 1.165) is 31.4 Å². The average Bonchev–Trinajstić information content (AvgIpc) is 3.18. The van der Waals surface area contributed by atoms with E-state index in [9.17, 15) is 9.59 Å². The molecule has 1 heterocycles. The Morgan fingerprint density at radius 3 is 2.25 bits per heavy atom. The maximum atomic E-state index is 13.4. The summed E-state index contributed by atoms with van der Waals surface area (Å²) in [5.41, 5.74) is 2.99. The lowest BCUT2D eigenvalue weighted by Gasteiger charge is -2.32. The summed E-state index contributed by atoms with van der Waals surface area (Å²) in [5, 5.41) is 0. The van der Waals surface area contributed by atoms with E-state index in [0.29, 0.717) is 24.6 Å². The highest BCUT2D eigenvalue weighted by molar-refractivity contribution is 5.96. The molecule has 0 bridgehead atoms. The van der Waals surface area contributed by atoms with Crippen LogP contribution in [0.25, 0.3) is 0 Å². The molecule has 0 aliphatic heterocycles. The van der Waals surface area contributed by atoms with E-state index in [2.05, 4.69) is 27.7 Å². The van der Waals surface area contributed by atoms with Crippen LogP contribution >= 0.6 is 0 Å². The standard InChI is InChI=1S/C27H41N3O2/c1-7-9-11-23-13-15-24(16-14-23)27(32)30(22(5)8-2)20-26(31)29(18-21(3)4)19-25-12-10-17-28(25)6/h10,12-17,21-22H,7-9,11,18-20H2,1-6H3. The summed E-state index contributed by atoms with van der Waals surface area (Å²) in [4.78, 5) is 30.4. The SMILES string of the molecule is CCCCc1ccc(C(=O)N(CC(=O)N(Cc2cccn2C)CC(C)C)C(C)CC)cc1. The fraction of sp³-hybridized carbons (Fsp3) is 0.556. The summed E-state index contributed by atoms with van der Waals surface area (Å²) in [6.07, 6.45) is 6.12. The third-order valence-electron chi connectivity index (χ3n) is 6.05. The van der Waals surface area contributed by atoms with Crippen molar-refractivity contribution in [2.45, 2.75) is 72.9 Å².